The van der Waals surface area contributed by atoms with E-state index < -0.39 is 13.3 Å². The topological polar surface area (TPSA) is 60.7 Å². The average molecular weight is 583 g/mol. The third kappa shape index (κ3) is 32.7. The van der Waals surface area contributed by atoms with Gasteiger partial charge in [0.2, 0.25) is 0 Å². The monoisotopic (exact) mass is 585 g/mol. The molecule has 0 heterocycles. The van der Waals surface area contributed by atoms with Gasteiger partial charge in [0.05, 0.1) is 18.3 Å². The molecule has 0 aromatic heterocycles. The summed E-state index contributed by atoms with van der Waals surface area (Å²) in [5, 5.41) is 25.1. The van der Waals surface area contributed by atoms with Crippen LogP contribution in [0.2, 0.25) is 17.3 Å². The summed E-state index contributed by atoms with van der Waals surface area (Å²) in [6, 6.07) is 8.76. The standard InChI is InChI=1S/C8H13Ge.3C4H10O.Hf/c1-9(2,3)8-6-4-5-7-8;3*1-3-4(2)5;/h4-7H,1-3H3;3*4-5H,3H2,1-2H3;/q-1;;;;. The predicted molar refractivity (Wildman–Crippen MR) is 111 cm³/mol. The van der Waals surface area contributed by atoms with Gasteiger partial charge in [-0.1, -0.05) is 20.8 Å². The molecule has 0 bridgehead atoms. The Morgan fingerprint density at radius 3 is 1.00 bits per heavy atom. The van der Waals surface area contributed by atoms with Crippen molar-refractivity contribution in [2.75, 3.05) is 0 Å². The van der Waals surface area contributed by atoms with E-state index in [1.165, 1.54) is 0 Å². The zero-order valence-corrected chi connectivity index (χ0v) is 23.7. The third-order valence-electron chi connectivity index (χ3n) is 3.30. The molecule has 0 radical (unpaired) electrons. The minimum atomic E-state index is -1.44. The van der Waals surface area contributed by atoms with Gasteiger partial charge in [-0.05, 0) is 40.0 Å². The van der Waals surface area contributed by atoms with Crippen LogP contribution in [0, 0.1) is 0 Å². The van der Waals surface area contributed by atoms with E-state index in [1.54, 1.807) is 25.2 Å². The van der Waals surface area contributed by atoms with Crippen LogP contribution in [0.25, 0.3) is 0 Å². The second kappa shape index (κ2) is 20.9. The van der Waals surface area contributed by atoms with E-state index in [4.69, 9.17) is 15.3 Å². The Morgan fingerprint density at radius 1 is 0.720 bits per heavy atom. The molecule has 0 amide bonds. The van der Waals surface area contributed by atoms with Gasteiger partial charge in [0.15, 0.2) is 0 Å². The Balaban J connectivity index is -0.000000122. The first-order chi connectivity index (χ1) is 10.9. The first kappa shape index (κ1) is 33.2. The summed E-state index contributed by atoms with van der Waals surface area (Å²) in [6.07, 6.45) is 2.24. The minimum Gasteiger partial charge on any atom is 0 e. The van der Waals surface area contributed by atoms with E-state index >= 15 is 0 Å². The summed E-state index contributed by atoms with van der Waals surface area (Å²) >= 11 is -1.44. The molecule has 3 nitrogen and oxygen atoms in total. The molecule has 1 aromatic carbocycles. The minimum absolute atomic E-state index is 0. The number of aliphatic hydroxyl groups is 3. The van der Waals surface area contributed by atoms with Crippen LogP contribution < -0.4 is 4.40 Å². The molecule has 3 unspecified atom stereocenters. The Kier molecular flexibility index (Phi) is 27.9. The molecule has 1 rings (SSSR count). The Bertz CT molecular complexity index is 312. The Hall–Kier alpha value is 0.643. The van der Waals surface area contributed by atoms with E-state index in [9.17, 15) is 0 Å². The van der Waals surface area contributed by atoms with Crippen molar-refractivity contribution >= 4 is 17.7 Å². The van der Waals surface area contributed by atoms with Crippen LogP contribution in [-0.4, -0.2) is 46.9 Å². The van der Waals surface area contributed by atoms with Gasteiger partial charge in [-0.25, -0.2) is 0 Å². The van der Waals surface area contributed by atoms with Crippen molar-refractivity contribution in [1.82, 2.24) is 0 Å². The van der Waals surface area contributed by atoms with Crippen LogP contribution in [0.15, 0.2) is 24.3 Å². The first-order valence-corrected chi connectivity index (χ1v) is 16.5. The van der Waals surface area contributed by atoms with E-state index in [-0.39, 0.29) is 44.2 Å². The number of aliphatic hydroxyl groups excluding tert-OH is 3. The zero-order chi connectivity index (χ0) is 19.8. The van der Waals surface area contributed by atoms with Gasteiger partial charge in [0.1, 0.15) is 0 Å². The van der Waals surface area contributed by atoms with Crippen molar-refractivity contribution in [3.8, 4) is 0 Å². The molecular weight excluding hydrogens is 539 g/mol. The van der Waals surface area contributed by atoms with Gasteiger partial charge >= 0.3 is 59.2 Å². The quantitative estimate of drug-likeness (QED) is 0.367. The molecule has 0 aliphatic heterocycles. The Labute approximate surface area is 178 Å². The van der Waals surface area contributed by atoms with Gasteiger partial charge < -0.3 is 15.3 Å². The predicted octanol–water partition coefficient (Wildman–Crippen LogP) is 4.28. The maximum Gasteiger partial charge on any atom is 0 e. The van der Waals surface area contributed by atoms with Gasteiger partial charge in [0.25, 0.3) is 0 Å². The van der Waals surface area contributed by atoms with Crippen molar-refractivity contribution in [2.24, 2.45) is 0 Å². The van der Waals surface area contributed by atoms with Gasteiger partial charge in [-0.3, -0.25) is 0 Å². The van der Waals surface area contributed by atoms with E-state index in [0.29, 0.717) is 0 Å². The zero-order valence-electron chi connectivity index (χ0n) is 18.0. The summed E-state index contributed by atoms with van der Waals surface area (Å²) < 4.78 is 1.61. The summed E-state index contributed by atoms with van der Waals surface area (Å²) in [5.41, 5.74) is 0. The van der Waals surface area contributed by atoms with Crippen molar-refractivity contribution < 1.29 is 41.2 Å². The molecule has 3 N–H and O–H groups in total. The molecule has 0 saturated carbocycles. The van der Waals surface area contributed by atoms with E-state index in [2.05, 4.69) is 41.5 Å². The molecule has 1 aromatic rings. The van der Waals surface area contributed by atoms with Crippen molar-refractivity contribution in [1.29, 1.82) is 0 Å². The van der Waals surface area contributed by atoms with E-state index in [1.807, 2.05) is 20.8 Å². The molecule has 5 heteroatoms. The van der Waals surface area contributed by atoms with Crippen LogP contribution in [0.5, 0.6) is 0 Å². The number of hydrogen-bond acceptors (Lipinski definition) is 3. The molecule has 0 aliphatic rings. The summed E-state index contributed by atoms with van der Waals surface area (Å²) in [4.78, 5) is 0. The van der Waals surface area contributed by atoms with Gasteiger partial charge in [-0.15, -0.1) is 0 Å². The molecule has 150 valence electrons. The summed E-state index contributed by atoms with van der Waals surface area (Å²) in [7, 11) is 0. The van der Waals surface area contributed by atoms with E-state index in [0.717, 1.165) is 19.3 Å². The summed E-state index contributed by atoms with van der Waals surface area (Å²) in [5.74, 6) is 7.24. The molecule has 0 fully saturated rings. The fourth-order valence-corrected chi connectivity index (χ4v) is 3.38. The van der Waals surface area contributed by atoms with Gasteiger partial charge in [0, 0.05) is 25.8 Å². The maximum atomic E-state index is 8.36. The van der Waals surface area contributed by atoms with Crippen LogP contribution in [-0.2, 0) is 25.8 Å². The van der Waals surface area contributed by atoms with Crippen molar-refractivity contribution in [3.63, 3.8) is 0 Å². The van der Waals surface area contributed by atoms with Gasteiger partial charge in [-0.2, -0.15) is 0 Å². The molecule has 0 aliphatic carbocycles. The van der Waals surface area contributed by atoms with Crippen molar-refractivity contribution in [2.45, 2.75) is 96.4 Å². The second-order valence-electron chi connectivity index (χ2n) is 7.20. The Morgan fingerprint density at radius 2 is 0.920 bits per heavy atom. The first-order valence-electron chi connectivity index (χ1n) is 9.18. The van der Waals surface area contributed by atoms with Crippen LogP contribution in [0.4, 0.5) is 0 Å². The van der Waals surface area contributed by atoms with Crippen LogP contribution in [0.3, 0.4) is 0 Å². The smallest absolute Gasteiger partial charge is 0 e. The average Bonchev–Trinajstić information content (AvgIpc) is 3.03. The molecule has 3 atom stereocenters. The second-order valence-corrected chi connectivity index (χ2v) is 17.8. The summed E-state index contributed by atoms with van der Waals surface area (Å²) in [6.45, 7) is 11.2. The number of hydrogen-bond donors (Lipinski definition) is 3. The fraction of sp³-hybridized carbons (Fsp3) is 0.750. The van der Waals surface area contributed by atoms with Crippen LogP contribution in [0.1, 0.15) is 60.8 Å². The maximum absolute atomic E-state index is 8.36. The van der Waals surface area contributed by atoms with Crippen LogP contribution >= 0.6 is 0 Å². The molecule has 0 saturated heterocycles. The normalized spacial score (nSPS) is 13.3. The number of rotatable bonds is 4. The SMILES string of the molecule is CCC(C)O.CCC(C)O.CCC(C)O.[CH3][Ge]([CH3])([CH3])[c-]1cccc1.[Hf]. The third-order valence-corrected chi connectivity index (χ3v) is 7.63. The molecule has 0 spiro atoms. The molecular formula is C20H43GeHfO3-. The largest absolute Gasteiger partial charge is 0 e. The molecule has 25 heavy (non-hydrogen) atoms. The fourth-order valence-electron chi connectivity index (χ4n) is 0.874. The van der Waals surface area contributed by atoms with Crippen molar-refractivity contribution in [3.05, 3.63) is 24.3 Å².